The summed E-state index contributed by atoms with van der Waals surface area (Å²) in [5.41, 5.74) is 6.75. The summed E-state index contributed by atoms with van der Waals surface area (Å²) in [5, 5.41) is 19.5. The third kappa shape index (κ3) is 3.27. The fraction of sp³-hybridized carbons (Fsp3) is 0.0833. The average Bonchev–Trinajstić information content (AvgIpc) is 2.69. The quantitative estimate of drug-likeness (QED) is 0.692. The molecule has 1 aliphatic carbocycles. The molecule has 2 heteroatoms. The molecule has 0 unspecified atom stereocenters. The van der Waals surface area contributed by atoms with E-state index in [2.05, 4.69) is 12.1 Å². The van der Waals surface area contributed by atoms with Crippen molar-refractivity contribution in [3.05, 3.63) is 106 Å². The molecule has 2 nitrogen and oxygen atoms in total. The van der Waals surface area contributed by atoms with Crippen LogP contribution in [0.2, 0.25) is 0 Å². The van der Waals surface area contributed by atoms with E-state index in [4.69, 9.17) is 0 Å². The molecule has 0 aromatic heterocycles. The highest BCUT2D eigenvalue weighted by Gasteiger charge is 2.17. The van der Waals surface area contributed by atoms with Crippen LogP contribution in [0.1, 0.15) is 25.0 Å². The Morgan fingerprint density at radius 1 is 0.577 bits per heavy atom. The summed E-state index contributed by atoms with van der Waals surface area (Å²) in [4.78, 5) is 0. The van der Waals surface area contributed by atoms with E-state index in [0.29, 0.717) is 11.1 Å². The Balaban J connectivity index is 2.30. The molecule has 0 amide bonds. The van der Waals surface area contributed by atoms with E-state index < -0.39 is 0 Å². The SMILES string of the molecule is CC1=C(C#N)/C=C(c2ccccc2)\C(C)=C(C#N)/C=C\1c1ccccc1. The lowest BCUT2D eigenvalue weighted by Gasteiger charge is -2.17. The first-order chi connectivity index (χ1) is 12.7. The Morgan fingerprint density at radius 3 is 1.23 bits per heavy atom. The number of nitrogens with zero attached hydrogens (tertiary/aromatic N) is 2. The molecular weight excluding hydrogens is 316 g/mol. The number of nitriles is 2. The van der Waals surface area contributed by atoms with Crippen molar-refractivity contribution in [3.8, 4) is 12.1 Å². The highest BCUT2D eigenvalue weighted by atomic mass is 14.3. The zero-order valence-electron chi connectivity index (χ0n) is 14.8. The summed E-state index contributed by atoms with van der Waals surface area (Å²) < 4.78 is 0. The number of hydrogen-bond donors (Lipinski definition) is 0. The van der Waals surface area contributed by atoms with Crippen LogP contribution in [0.5, 0.6) is 0 Å². The number of benzene rings is 2. The molecule has 0 spiro atoms. The monoisotopic (exact) mass is 334 g/mol. The molecular formula is C24H18N2. The van der Waals surface area contributed by atoms with Crippen LogP contribution in [0.3, 0.4) is 0 Å². The largest absolute Gasteiger partial charge is 0.192 e. The van der Waals surface area contributed by atoms with Crippen LogP contribution in [0, 0.1) is 22.7 Å². The molecule has 2 aromatic carbocycles. The van der Waals surface area contributed by atoms with Crippen LogP contribution < -0.4 is 0 Å². The lowest BCUT2D eigenvalue weighted by atomic mass is 9.86. The first kappa shape index (κ1) is 17.2. The molecule has 0 aliphatic heterocycles. The van der Waals surface area contributed by atoms with Crippen LogP contribution in [-0.4, -0.2) is 0 Å². The van der Waals surface area contributed by atoms with Crippen LogP contribution in [0.25, 0.3) is 11.1 Å². The Hall–Kier alpha value is -3.62. The molecule has 0 saturated heterocycles. The predicted molar refractivity (Wildman–Crippen MR) is 105 cm³/mol. The molecule has 0 bridgehead atoms. The molecule has 0 radical (unpaired) electrons. The van der Waals surface area contributed by atoms with Gasteiger partial charge in [0.1, 0.15) is 0 Å². The molecule has 124 valence electrons. The van der Waals surface area contributed by atoms with Crippen molar-refractivity contribution in [1.29, 1.82) is 10.5 Å². The second-order valence-electron chi connectivity index (χ2n) is 6.15. The van der Waals surface area contributed by atoms with Crippen molar-refractivity contribution in [2.45, 2.75) is 13.8 Å². The van der Waals surface area contributed by atoms with E-state index >= 15 is 0 Å². The van der Waals surface area contributed by atoms with Gasteiger partial charge in [-0.15, -0.1) is 0 Å². The van der Waals surface area contributed by atoms with Gasteiger partial charge in [-0.1, -0.05) is 60.7 Å². The van der Waals surface area contributed by atoms with Crippen molar-refractivity contribution >= 4 is 11.1 Å². The summed E-state index contributed by atoms with van der Waals surface area (Å²) in [6, 6.07) is 24.4. The van der Waals surface area contributed by atoms with Crippen molar-refractivity contribution in [2.24, 2.45) is 0 Å². The minimum atomic E-state index is 0.607. The Labute approximate surface area is 154 Å². The number of hydrogen-bond acceptors (Lipinski definition) is 2. The Bertz CT molecular complexity index is 947. The lowest BCUT2D eigenvalue weighted by molar-refractivity contribution is 1.36. The summed E-state index contributed by atoms with van der Waals surface area (Å²) in [6.45, 7) is 3.87. The van der Waals surface area contributed by atoms with Gasteiger partial charge < -0.3 is 0 Å². The van der Waals surface area contributed by atoms with Gasteiger partial charge in [0, 0.05) is 0 Å². The van der Waals surface area contributed by atoms with Crippen LogP contribution in [0.15, 0.2) is 95.1 Å². The van der Waals surface area contributed by atoms with Gasteiger partial charge in [-0.25, -0.2) is 0 Å². The topological polar surface area (TPSA) is 47.6 Å². The maximum atomic E-state index is 9.76. The second-order valence-corrected chi connectivity index (χ2v) is 6.15. The van der Waals surface area contributed by atoms with Crippen LogP contribution in [0.4, 0.5) is 0 Å². The maximum Gasteiger partial charge on any atom is 0.0994 e. The summed E-state index contributed by atoms with van der Waals surface area (Å²) in [5.74, 6) is 0. The Morgan fingerprint density at radius 2 is 0.923 bits per heavy atom. The van der Waals surface area contributed by atoms with E-state index in [1.165, 1.54) is 0 Å². The van der Waals surface area contributed by atoms with Gasteiger partial charge in [0.05, 0.1) is 23.3 Å². The van der Waals surface area contributed by atoms with Gasteiger partial charge in [0.25, 0.3) is 0 Å². The van der Waals surface area contributed by atoms with Crippen LogP contribution in [-0.2, 0) is 0 Å². The third-order valence-corrected chi connectivity index (χ3v) is 4.60. The molecule has 0 N–H and O–H groups in total. The second kappa shape index (κ2) is 7.51. The number of rotatable bonds is 2. The fourth-order valence-corrected chi connectivity index (χ4v) is 3.08. The molecule has 2 aromatic rings. The van der Waals surface area contributed by atoms with Gasteiger partial charge >= 0.3 is 0 Å². The van der Waals surface area contributed by atoms with Gasteiger partial charge in [-0.3, -0.25) is 0 Å². The fourth-order valence-electron chi connectivity index (χ4n) is 3.08. The van der Waals surface area contributed by atoms with Gasteiger partial charge in [-0.05, 0) is 59.4 Å². The minimum absolute atomic E-state index is 0.607. The first-order valence-corrected chi connectivity index (χ1v) is 8.42. The maximum absolute atomic E-state index is 9.76. The van der Waals surface area contributed by atoms with Crippen molar-refractivity contribution in [2.75, 3.05) is 0 Å². The first-order valence-electron chi connectivity index (χ1n) is 8.42. The molecule has 26 heavy (non-hydrogen) atoms. The van der Waals surface area contributed by atoms with E-state index in [1.807, 2.05) is 86.7 Å². The average molecular weight is 334 g/mol. The van der Waals surface area contributed by atoms with Gasteiger partial charge in [0.2, 0.25) is 0 Å². The Kier molecular flexibility index (Phi) is 4.97. The van der Waals surface area contributed by atoms with Crippen LogP contribution >= 0.6 is 0 Å². The summed E-state index contributed by atoms with van der Waals surface area (Å²) in [6.07, 6.45) is 3.79. The standard InChI is InChI=1S/C24H18N2/c1-17-21(15-25)13-24(20-11-7-4-8-12-20)18(2)22(16-26)14-23(17)19-9-5-3-6-10-19/h3-14H,1-2H3/b21-13?,21-17+,22-14?,22-18+,23-14+,23-17?,24-13+,24-18?. The highest BCUT2D eigenvalue weighted by molar-refractivity contribution is 5.91. The molecule has 3 rings (SSSR count). The highest BCUT2D eigenvalue weighted by Crippen LogP contribution is 2.35. The van der Waals surface area contributed by atoms with Gasteiger partial charge in [-0.2, -0.15) is 10.5 Å². The summed E-state index contributed by atoms with van der Waals surface area (Å²) >= 11 is 0. The number of allylic oxidation sites excluding steroid dienone is 8. The van der Waals surface area contributed by atoms with E-state index in [0.717, 1.165) is 33.4 Å². The van der Waals surface area contributed by atoms with Crippen molar-refractivity contribution in [1.82, 2.24) is 0 Å². The molecule has 0 saturated carbocycles. The molecule has 0 fully saturated rings. The smallest absolute Gasteiger partial charge is 0.0994 e. The summed E-state index contributed by atoms with van der Waals surface area (Å²) in [7, 11) is 0. The zero-order chi connectivity index (χ0) is 18.5. The molecule has 1 aliphatic rings. The van der Waals surface area contributed by atoms with Gasteiger partial charge in [0.15, 0.2) is 0 Å². The van der Waals surface area contributed by atoms with E-state index in [9.17, 15) is 10.5 Å². The zero-order valence-corrected chi connectivity index (χ0v) is 14.8. The minimum Gasteiger partial charge on any atom is -0.192 e. The van der Waals surface area contributed by atoms with Crippen molar-refractivity contribution < 1.29 is 0 Å². The molecule has 0 atom stereocenters. The van der Waals surface area contributed by atoms with E-state index in [-0.39, 0.29) is 0 Å². The molecule has 0 heterocycles. The third-order valence-electron chi connectivity index (χ3n) is 4.60. The van der Waals surface area contributed by atoms with E-state index in [1.54, 1.807) is 0 Å². The normalized spacial score (nSPS) is 24.2. The lowest BCUT2D eigenvalue weighted by Crippen LogP contribution is -1.99. The van der Waals surface area contributed by atoms with Crippen molar-refractivity contribution in [3.63, 3.8) is 0 Å². The predicted octanol–water partition coefficient (Wildman–Crippen LogP) is 5.85.